The Kier molecular flexibility index (Phi) is 4.55. The molecule has 2 aromatic carbocycles. The molecule has 26 heavy (non-hydrogen) atoms. The molecule has 132 valence electrons. The number of aromatic nitrogens is 2. The van der Waals surface area contributed by atoms with Gasteiger partial charge in [-0.3, -0.25) is 0 Å². The molecular formula is C20H20N4O2. The smallest absolute Gasteiger partial charge is 0.231 e. The number of nitrogens with one attached hydrogen (secondary N) is 2. The summed E-state index contributed by atoms with van der Waals surface area (Å²) in [6.45, 7) is 3.24. The van der Waals surface area contributed by atoms with Gasteiger partial charge >= 0.3 is 0 Å². The lowest BCUT2D eigenvalue weighted by Crippen LogP contribution is -2.05. The lowest BCUT2D eigenvalue weighted by atomic mass is 10.2. The van der Waals surface area contributed by atoms with Crippen molar-refractivity contribution in [3.63, 3.8) is 0 Å². The molecule has 0 fully saturated rings. The van der Waals surface area contributed by atoms with Crippen LogP contribution in [0.25, 0.3) is 11.4 Å². The molecule has 1 aliphatic rings. The maximum absolute atomic E-state index is 5.44. The Morgan fingerprint density at radius 3 is 2.58 bits per heavy atom. The van der Waals surface area contributed by atoms with Crippen molar-refractivity contribution >= 4 is 17.3 Å². The summed E-state index contributed by atoms with van der Waals surface area (Å²) in [6.07, 6.45) is 1.02. The van der Waals surface area contributed by atoms with E-state index < -0.39 is 0 Å². The minimum atomic E-state index is 0.259. The molecule has 0 unspecified atom stereocenters. The van der Waals surface area contributed by atoms with Gasteiger partial charge in [0.25, 0.3) is 0 Å². The van der Waals surface area contributed by atoms with Crippen LogP contribution in [0.2, 0.25) is 0 Å². The molecule has 1 aliphatic heterocycles. The predicted octanol–water partition coefficient (Wildman–Crippen LogP) is 4.44. The summed E-state index contributed by atoms with van der Waals surface area (Å²) in [7, 11) is 0. The quantitative estimate of drug-likeness (QED) is 0.686. The third-order valence-electron chi connectivity index (χ3n) is 3.96. The highest BCUT2D eigenvalue weighted by Crippen LogP contribution is 2.35. The molecule has 2 N–H and O–H groups in total. The van der Waals surface area contributed by atoms with Crippen molar-refractivity contribution < 1.29 is 9.47 Å². The Labute approximate surface area is 152 Å². The predicted molar refractivity (Wildman–Crippen MR) is 102 cm³/mol. The number of benzene rings is 2. The van der Waals surface area contributed by atoms with Gasteiger partial charge < -0.3 is 20.1 Å². The largest absolute Gasteiger partial charge is 0.454 e. The number of anilines is 3. The van der Waals surface area contributed by atoms with E-state index in [1.165, 1.54) is 0 Å². The zero-order chi connectivity index (χ0) is 17.8. The van der Waals surface area contributed by atoms with Gasteiger partial charge in [-0.15, -0.1) is 0 Å². The highest BCUT2D eigenvalue weighted by atomic mass is 16.7. The van der Waals surface area contributed by atoms with Crippen LogP contribution < -0.4 is 20.1 Å². The second kappa shape index (κ2) is 7.31. The van der Waals surface area contributed by atoms with E-state index in [1.807, 2.05) is 54.6 Å². The van der Waals surface area contributed by atoms with Gasteiger partial charge in [-0.2, -0.15) is 0 Å². The van der Waals surface area contributed by atoms with E-state index in [0.717, 1.165) is 47.4 Å². The van der Waals surface area contributed by atoms with E-state index in [1.54, 1.807) is 0 Å². The lowest BCUT2D eigenvalue weighted by Gasteiger charge is -2.11. The Morgan fingerprint density at radius 2 is 1.73 bits per heavy atom. The molecule has 0 spiro atoms. The molecule has 0 bridgehead atoms. The molecule has 0 aliphatic carbocycles. The first-order valence-electron chi connectivity index (χ1n) is 8.67. The zero-order valence-corrected chi connectivity index (χ0v) is 14.5. The second-order valence-corrected chi connectivity index (χ2v) is 5.95. The van der Waals surface area contributed by atoms with Gasteiger partial charge in [0.1, 0.15) is 11.6 Å². The SMILES string of the molecule is CCCNc1cc(Nc2ccc3c(c2)OCO3)nc(-c2ccccc2)n1. The molecule has 0 amide bonds. The van der Waals surface area contributed by atoms with E-state index in [9.17, 15) is 0 Å². The van der Waals surface area contributed by atoms with E-state index in [2.05, 4.69) is 27.5 Å². The summed E-state index contributed by atoms with van der Waals surface area (Å²) >= 11 is 0. The maximum Gasteiger partial charge on any atom is 0.231 e. The molecule has 0 atom stereocenters. The first-order chi connectivity index (χ1) is 12.8. The first kappa shape index (κ1) is 16.2. The Bertz CT molecular complexity index is 900. The van der Waals surface area contributed by atoms with E-state index in [-0.39, 0.29) is 6.79 Å². The van der Waals surface area contributed by atoms with Crippen LogP contribution >= 0.6 is 0 Å². The van der Waals surface area contributed by atoms with Crippen molar-refractivity contribution in [3.8, 4) is 22.9 Å². The number of hydrogen-bond donors (Lipinski definition) is 2. The minimum absolute atomic E-state index is 0.259. The highest BCUT2D eigenvalue weighted by Gasteiger charge is 2.14. The summed E-state index contributed by atoms with van der Waals surface area (Å²) in [5.74, 6) is 3.68. The Morgan fingerprint density at radius 1 is 0.923 bits per heavy atom. The van der Waals surface area contributed by atoms with Gasteiger partial charge in [-0.05, 0) is 18.6 Å². The second-order valence-electron chi connectivity index (χ2n) is 5.95. The van der Waals surface area contributed by atoms with Gasteiger partial charge in [0, 0.05) is 29.9 Å². The number of ether oxygens (including phenoxy) is 2. The molecule has 6 nitrogen and oxygen atoms in total. The summed E-state index contributed by atoms with van der Waals surface area (Å²) in [5.41, 5.74) is 1.86. The maximum atomic E-state index is 5.44. The van der Waals surface area contributed by atoms with Crippen LogP contribution in [0.4, 0.5) is 17.3 Å². The molecule has 0 radical (unpaired) electrons. The van der Waals surface area contributed by atoms with Crippen LogP contribution in [-0.4, -0.2) is 23.3 Å². The fraction of sp³-hybridized carbons (Fsp3) is 0.200. The fourth-order valence-electron chi connectivity index (χ4n) is 2.69. The standard InChI is InChI=1S/C20H20N4O2/c1-2-10-21-18-12-19(24-20(23-18)14-6-4-3-5-7-14)22-15-8-9-16-17(11-15)26-13-25-16/h3-9,11-12H,2,10,13H2,1H3,(H2,21,22,23,24). The normalized spacial score (nSPS) is 12.0. The average Bonchev–Trinajstić information content (AvgIpc) is 3.15. The van der Waals surface area contributed by atoms with Gasteiger partial charge in [-0.25, -0.2) is 9.97 Å². The zero-order valence-electron chi connectivity index (χ0n) is 14.5. The Balaban J connectivity index is 1.65. The van der Waals surface area contributed by atoms with Gasteiger partial charge in [0.2, 0.25) is 6.79 Å². The number of nitrogens with zero attached hydrogens (tertiary/aromatic N) is 2. The monoisotopic (exact) mass is 348 g/mol. The highest BCUT2D eigenvalue weighted by molar-refractivity contribution is 5.67. The van der Waals surface area contributed by atoms with Crippen molar-refractivity contribution in [3.05, 3.63) is 54.6 Å². The van der Waals surface area contributed by atoms with Crippen LogP contribution in [0.3, 0.4) is 0 Å². The molecular weight excluding hydrogens is 328 g/mol. The molecule has 4 rings (SSSR count). The summed E-state index contributed by atoms with van der Waals surface area (Å²) < 4.78 is 10.8. The molecule has 0 saturated heterocycles. The topological polar surface area (TPSA) is 68.3 Å². The fourth-order valence-corrected chi connectivity index (χ4v) is 2.69. The third kappa shape index (κ3) is 3.54. The van der Waals surface area contributed by atoms with Crippen LogP contribution in [0, 0.1) is 0 Å². The van der Waals surface area contributed by atoms with Crippen molar-refractivity contribution in [1.82, 2.24) is 9.97 Å². The van der Waals surface area contributed by atoms with Crippen LogP contribution in [0.1, 0.15) is 13.3 Å². The van der Waals surface area contributed by atoms with E-state index in [4.69, 9.17) is 9.47 Å². The van der Waals surface area contributed by atoms with Crippen LogP contribution in [0.5, 0.6) is 11.5 Å². The van der Waals surface area contributed by atoms with E-state index in [0.29, 0.717) is 5.82 Å². The third-order valence-corrected chi connectivity index (χ3v) is 3.96. The van der Waals surface area contributed by atoms with Gasteiger partial charge in [0.05, 0.1) is 0 Å². The number of hydrogen-bond acceptors (Lipinski definition) is 6. The average molecular weight is 348 g/mol. The minimum Gasteiger partial charge on any atom is -0.454 e. The van der Waals surface area contributed by atoms with Gasteiger partial charge in [0.15, 0.2) is 17.3 Å². The lowest BCUT2D eigenvalue weighted by molar-refractivity contribution is 0.174. The van der Waals surface area contributed by atoms with Crippen molar-refractivity contribution in [2.24, 2.45) is 0 Å². The molecule has 2 heterocycles. The van der Waals surface area contributed by atoms with Crippen LogP contribution in [-0.2, 0) is 0 Å². The van der Waals surface area contributed by atoms with Gasteiger partial charge in [-0.1, -0.05) is 37.3 Å². The van der Waals surface area contributed by atoms with Crippen molar-refractivity contribution in [2.75, 3.05) is 24.0 Å². The van der Waals surface area contributed by atoms with Crippen LogP contribution in [0.15, 0.2) is 54.6 Å². The number of rotatable bonds is 6. The number of fused-ring (bicyclic) bond motifs is 1. The molecule has 3 aromatic rings. The molecule has 0 saturated carbocycles. The van der Waals surface area contributed by atoms with Crippen molar-refractivity contribution in [2.45, 2.75) is 13.3 Å². The molecule has 6 heteroatoms. The first-order valence-corrected chi connectivity index (χ1v) is 8.67. The summed E-state index contributed by atoms with van der Waals surface area (Å²) in [4.78, 5) is 9.30. The van der Waals surface area contributed by atoms with Crippen molar-refractivity contribution in [1.29, 1.82) is 0 Å². The Hall–Kier alpha value is -3.28. The summed E-state index contributed by atoms with van der Waals surface area (Å²) in [6, 6.07) is 17.6. The van der Waals surface area contributed by atoms with E-state index >= 15 is 0 Å². The molecule has 1 aromatic heterocycles. The summed E-state index contributed by atoms with van der Waals surface area (Å²) in [5, 5.41) is 6.67.